The van der Waals surface area contributed by atoms with Gasteiger partial charge in [0.25, 0.3) is 0 Å². The van der Waals surface area contributed by atoms with Crippen molar-refractivity contribution in [3.63, 3.8) is 0 Å². The van der Waals surface area contributed by atoms with Crippen molar-refractivity contribution in [3.05, 3.63) is 35.4 Å². The lowest BCUT2D eigenvalue weighted by Crippen LogP contribution is -2.37. The lowest BCUT2D eigenvalue weighted by molar-refractivity contribution is -0.131. The Bertz CT molecular complexity index is 430. The van der Waals surface area contributed by atoms with Gasteiger partial charge in [0, 0.05) is 20.2 Å². The number of alkyl halides is 1. The van der Waals surface area contributed by atoms with E-state index in [4.69, 9.17) is 16.3 Å². The quantitative estimate of drug-likeness (QED) is 0.794. The molecule has 1 fully saturated rings. The molecule has 0 aromatic heterocycles. The van der Waals surface area contributed by atoms with Gasteiger partial charge in [-0.25, -0.2) is 0 Å². The maximum absolute atomic E-state index is 12.4. The fraction of sp³-hybridized carbons (Fsp3) is 0.533. The second kappa shape index (κ2) is 6.92. The number of carbonyl (C=O) groups excluding carboxylic acids is 1. The van der Waals surface area contributed by atoms with Crippen LogP contribution in [0.1, 0.15) is 35.8 Å². The Morgan fingerprint density at radius 2 is 2.00 bits per heavy atom. The van der Waals surface area contributed by atoms with Crippen molar-refractivity contribution in [2.45, 2.75) is 31.2 Å². The van der Waals surface area contributed by atoms with Gasteiger partial charge in [-0.2, -0.15) is 0 Å². The molecule has 0 N–H and O–H groups in total. The first-order valence-corrected chi connectivity index (χ1v) is 7.17. The average Bonchev–Trinajstić information content (AvgIpc) is 2.47. The summed E-state index contributed by atoms with van der Waals surface area (Å²) in [6.07, 6.45) is 3.36. The number of hydrogen-bond donors (Lipinski definition) is 0. The summed E-state index contributed by atoms with van der Waals surface area (Å²) in [5.41, 5.74) is 1.84. The van der Waals surface area contributed by atoms with Crippen LogP contribution in [0.5, 0.6) is 0 Å². The molecule has 4 heteroatoms. The Morgan fingerprint density at radius 1 is 1.32 bits per heavy atom. The predicted octanol–water partition coefficient (Wildman–Crippen LogP) is 3.13. The molecule has 1 aliphatic rings. The number of carbonyl (C=O) groups is 1. The van der Waals surface area contributed by atoms with E-state index in [9.17, 15) is 4.79 Å². The first kappa shape index (κ1) is 14.4. The Kier molecular flexibility index (Phi) is 5.23. The van der Waals surface area contributed by atoms with Gasteiger partial charge < -0.3 is 9.64 Å². The highest BCUT2D eigenvalue weighted by molar-refractivity contribution is 6.30. The van der Waals surface area contributed by atoms with E-state index in [2.05, 4.69) is 0 Å². The van der Waals surface area contributed by atoms with E-state index in [0.717, 1.165) is 37.1 Å². The molecule has 1 amide bonds. The Morgan fingerprint density at radius 3 is 2.68 bits per heavy atom. The Hall–Kier alpha value is -1.06. The average molecular weight is 282 g/mol. The number of amides is 1. The largest absolute Gasteiger partial charge is 0.380 e. The van der Waals surface area contributed by atoms with Crippen molar-refractivity contribution < 1.29 is 9.53 Å². The van der Waals surface area contributed by atoms with E-state index in [-0.39, 0.29) is 5.91 Å². The summed E-state index contributed by atoms with van der Waals surface area (Å²) in [5, 5.41) is -0.607. The SMILES string of the molecule is COCc1ccccc1C(Cl)C(=O)N1CCCCC1. The van der Waals surface area contributed by atoms with Gasteiger partial charge >= 0.3 is 0 Å². The van der Waals surface area contributed by atoms with Gasteiger partial charge in [0.05, 0.1) is 6.61 Å². The number of nitrogens with zero attached hydrogens (tertiary/aromatic N) is 1. The van der Waals surface area contributed by atoms with Crippen molar-refractivity contribution in [3.8, 4) is 0 Å². The fourth-order valence-electron chi connectivity index (χ4n) is 2.48. The van der Waals surface area contributed by atoms with Crippen LogP contribution in [0.2, 0.25) is 0 Å². The van der Waals surface area contributed by atoms with E-state index in [1.807, 2.05) is 29.2 Å². The molecule has 0 aliphatic carbocycles. The van der Waals surface area contributed by atoms with E-state index in [0.29, 0.717) is 6.61 Å². The van der Waals surface area contributed by atoms with Crippen LogP contribution in [0.15, 0.2) is 24.3 Å². The Balaban J connectivity index is 2.13. The minimum Gasteiger partial charge on any atom is -0.380 e. The first-order chi connectivity index (χ1) is 9.24. The highest BCUT2D eigenvalue weighted by Gasteiger charge is 2.26. The van der Waals surface area contributed by atoms with Crippen LogP contribution in [-0.4, -0.2) is 31.0 Å². The maximum Gasteiger partial charge on any atom is 0.245 e. The van der Waals surface area contributed by atoms with Gasteiger partial charge in [0.15, 0.2) is 0 Å². The molecule has 1 atom stereocenters. The fourth-order valence-corrected chi connectivity index (χ4v) is 2.83. The zero-order valence-electron chi connectivity index (χ0n) is 11.3. The van der Waals surface area contributed by atoms with E-state index in [1.54, 1.807) is 7.11 Å². The smallest absolute Gasteiger partial charge is 0.245 e. The molecule has 104 valence electrons. The molecule has 1 heterocycles. The summed E-state index contributed by atoms with van der Waals surface area (Å²) in [6, 6.07) is 7.71. The second-order valence-electron chi connectivity index (χ2n) is 4.88. The summed E-state index contributed by atoms with van der Waals surface area (Å²) in [4.78, 5) is 14.3. The number of halogens is 1. The van der Waals surface area contributed by atoms with Gasteiger partial charge in [-0.15, -0.1) is 11.6 Å². The molecule has 2 rings (SSSR count). The van der Waals surface area contributed by atoms with Crippen LogP contribution >= 0.6 is 11.6 Å². The minimum atomic E-state index is -0.607. The number of rotatable bonds is 4. The van der Waals surface area contributed by atoms with Crippen molar-refractivity contribution >= 4 is 17.5 Å². The molecule has 19 heavy (non-hydrogen) atoms. The maximum atomic E-state index is 12.4. The highest BCUT2D eigenvalue weighted by Crippen LogP contribution is 2.28. The molecule has 0 bridgehead atoms. The molecule has 0 radical (unpaired) electrons. The summed E-state index contributed by atoms with van der Waals surface area (Å²) in [7, 11) is 1.65. The molecular formula is C15H20ClNO2. The van der Waals surface area contributed by atoms with Crippen molar-refractivity contribution in [1.82, 2.24) is 4.90 Å². The van der Waals surface area contributed by atoms with Crippen LogP contribution in [0.3, 0.4) is 0 Å². The minimum absolute atomic E-state index is 0.0184. The normalized spacial score (nSPS) is 17.3. The van der Waals surface area contributed by atoms with Crippen molar-refractivity contribution in [1.29, 1.82) is 0 Å². The van der Waals surface area contributed by atoms with Gasteiger partial charge in [-0.1, -0.05) is 24.3 Å². The highest BCUT2D eigenvalue weighted by atomic mass is 35.5. The molecule has 1 aromatic carbocycles. The standard InChI is InChI=1S/C15H20ClNO2/c1-19-11-12-7-3-4-8-13(12)14(16)15(18)17-9-5-2-6-10-17/h3-4,7-8,14H,2,5-6,9-11H2,1H3. The van der Waals surface area contributed by atoms with Crippen molar-refractivity contribution in [2.24, 2.45) is 0 Å². The van der Waals surface area contributed by atoms with Crippen LogP contribution in [0.4, 0.5) is 0 Å². The molecule has 0 saturated carbocycles. The van der Waals surface area contributed by atoms with Gasteiger partial charge in [-0.3, -0.25) is 4.79 Å². The van der Waals surface area contributed by atoms with Crippen LogP contribution in [0.25, 0.3) is 0 Å². The zero-order chi connectivity index (χ0) is 13.7. The van der Waals surface area contributed by atoms with E-state index < -0.39 is 5.38 Å². The number of likely N-dealkylation sites (tertiary alicyclic amines) is 1. The van der Waals surface area contributed by atoms with Gasteiger partial charge in [0.1, 0.15) is 5.38 Å². The summed E-state index contributed by atoms with van der Waals surface area (Å²) >= 11 is 6.38. The lowest BCUT2D eigenvalue weighted by atomic mass is 10.0. The van der Waals surface area contributed by atoms with E-state index in [1.165, 1.54) is 6.42 Å². The van der Waals surface area contributed by atoms with E-state index >= 15 is 0 Å². The van der Waals surface area contributed by atoms with Crippen molar-refractivity contribution in [2.75, 3.05) is 20.2 Å². The van der Waals surface area contributed by atoms with Gasteiger partial charge in [0.2, 0.25) is 5.91 Å². The third kappa shape index (κ3) is 3.48. The summed E-state index contributed by atoms with van der Waals surface area (Å²) in [5.74, 6) is 0.0184. The lowest BCUT2D eigenvalue weighted by Gasteiger charge is -2.29. The van der Waals surface area contributed by atoms with Gasteiger partial charge in [-0.05, 0) is 30.4 Å². The second-order valence-corrected chi connectivity index (χ2v) is 5.32. The van der Waals surface area contributed by atoms with Crippen LogP contribution in [0, 0.1) is 0 Å². The molecular weight excluding hydrogens is 262 g/mol. The molecule has 1 aromatic rings. The molecule has 1 unspecified atom stereocenters. The number of piperidine rings is 1. The summed E-state index contributed by atoms with van der Waals surface area (Å²) in [6.45, 7) is 2.13. The number of methoxy groups -OCH3 is 1. The third-order valence-corrected chi connectivity index (χ3v) is 3.93. The molecule has 3 nitrogen and oxygen atoms in total. The van der Waals surface area contributed by atoms with Crippen LogP contribution < -0.4 is 0 Å². The number of hydrogen-bond acceptors (Lipinski definition) is 2. The number of benzene rings is 1. The summed E-state index contributed by atoms with van der Waals surface area (Å²) < 4.78 is 5.16. The van der Waals surface area contributed by atoms with Crippen LogP contribution in [-0.2, 0) is 16.1 Å². The Labute approximate surface area is 119 Å². The molecule has 1 aliphatic heterocycles. The zero-order valence-corrected chi connectivity index (χ0v) is 12.0. The molecule has 1 saturated heterocycles. The monoisotopic (exact) mass is 281 g/mol. The number of ether oxygens (including phenoxy) is 1. The topological polar surface area (TPSA) is 29.5 Å². The molecule has 0 spiro atoms. The predicted molar refractivity (Wildman–Crippen MR) is 76.2 cm³/mol. The third-order valence-electron chi connectivity index (χ3n) is 3.51. The first-order valence-electron chi connectivity index (χ1n) is 6.73.